The maximum absolute atomic E-state index is 13.8. The van der Waals surface area contributed by atoms with Gasteiger partial charge in [0.2, 0.25) is 0 Å². The summed E-state index contributed by atoms with van der Waals surface area (Å²) in [4.78, 5) is 17.7. The summed E-state index contributed by atoms with van der Waals surface area (Å²) in [7, 11) is 0. The molecule has 3 aliphatic rings. The molecule has 4 atom stereocenters. The van der Waals surface area contributed by atoms with Gasteiger partial charge in [-0.25, -0.2) is 9.18 Å². The lowest BCUT2D eigenvalue weighted by Crippen LogP contribution is -2.50. The first-order valence-electron chi connectivity index (χ1n) is 13.8. The van der Waals surface area contributed by atoms with E-state index in [9.17, 15) is 27.6 Å². The number of fused-ring (bicyclic) bond motifs is 1. The van der Waals surface area contributed by atoms with E-state index in [-0.39, 0.29) is 17.1 Å². The molecule has 208 valence electrons. The molecule has 3 unspecified atom stereocenters. The Kier molecular flexibility index (Phi) is 7.60. The van der Waals surface area contributed by atoms with Gasteiger partial charge in [-0.05, 0) is 99.2 Å². The van der Waals surface area contributed by atoms with Crippen molar-refractivity contribution >= 4 is 11.7 Å². The highest BCUT2D eigenvalue weighted by Gasteiger charge is 2.58. The molecule has 2 aromatic carbocycles. The number of carbonyl (C=O) groups excluding carboxylic acids is 1. The van der Waals surface area contributed by atoms with Crippen molar-refractivity contribution in [2.45, 2.75) is 75.5 Å². The van der Waals surface area contributed by atoms with Crippen LogP contribution >= 0.6 is 0 Å². The lowest BCUT2D eigenvalue weighted by molar-refractivity contribution is -0.139. The number of hydrogen-bond acceptors (Lipinski definition) is 3. The molecule has 39 heavy (non-hydrogen) atoms. The quantitative estimate of drug-likeness (QED) is 0.403. The first-order valence-corrected chi connectivity index (χ1v) is 13.8. The third kappa shape index (κ3) is 5.76. The van der Waals surface area contributed by atoms with Crippen molar-refractivity contribution in [2.75, 3.05) is 25.0 Å². The number of alkyl halides is 3. The van der Waals surface area contributed by atoms with Crippen LogP contribution in [0.4, 0.5) is 28.0 Å². The van der Waals surface area contributed by atoms with Crippen LogP contribution in [0.5, 0.6) is 0 Å². The summed E-state index contributed by atoms with van der Waals surface area (Å²) in [6, 6.07) is 12.5. The number of anilines is 1. The molecule has 3 fully saturated rings. The van der Waals surface area contributed by atoms with E-state index in [1.165, 1.54) is 18.1 Å². The van der Waals surface area contributed by atoms with Crippen LogP contribution in [-0.2, 0) is 11.6 Å². The minimum atomic E-state index is -4.85. The number of rotatable bonds is 6. The molecule has 5 rings (SSSR count). The number of nitrogens with zero attached hydrogens (tertiary/aromatic N) is 3. The minimum Gasteiger partial charge on any atom is -0.320 e. The van der Waals surface area contributed by atoms with Crippen LogP contribution in [0.1, 0.15) is 68.6 Å². The summed E-state index contributed by atoms with van der Waals surface area (Å²) in [6.45, 7) is 4.32. The molecule has 2 aromatic rings. The molecule has 1 aliphatic heterocycles. The molecular formula is C30H34F4N4O. The minimum absolute atomic E-state index is 0.0332. The number of nitriles is 1. The smallest absolute Gasteiger partial charge is 0.320 e. The second-order valence-electron chi connectivity index (χ2n) is 11.4. The second kappa shape index (κ2) is 10.8. The third-order valence-electron chi connectivity index (χ3n) is 9.07. The highest BCUT2D eigenvalue weighted by molar-refractivity contribution is 5.89. The Morgan fingerprint density at radius 2 is 2.03 bits per heavy atom. The Labute approximate surface area is 226 Å². The van der Waals surface area contributed by atoms with E-state index in [4.69, 9.17) is 0 Å². The van der Waals surface area contributed by atoms with Gasteiger partial charge in [-0.1, -0.05) is 18.6 Å². The van der Waals surface area contributed by atoms with Crippen LogP contribution in [0.25, 0.3) is 0 Å². The van der Waals surface area contributed by atoms with Crippen molar-refractivity contribution in [1.29, 1.82) is 5.26 Å². The summed E-state index contributed by atoms with van der Waals surface area (Å²) in [5, 5.41) is 12.0. The molecule has 2 saturated carbocycles. The Morgan fingerprint density at radius 3 is 2.74 bits per heavy atom. The number of carbonyl (C=O) groups is 1. The number of piperidine rings is 1. The fourth-order valence-electron chi connectivity index (χ4n) is 6.74. The van der Waals surface area contributed by atoms with E-state index < -0.39 is 23.6 Å². The molecule has 9 heteroatoms. The molecule has 1 N–H and O–H groups in total. The number of urea groups is 1. The number of amides is 2. The Hall–Kier alpha value is -3.12. The summed E-state index contributed by atoms with van der Waals surface area (Å²) in [6.07, 6.45) is 2.02. The number of halogens is 4. The lowest BCUT2D eigenvalue weighted by Gasteiger charge is -2.39. The molecule has 0 bridgehead atoms. The van der Waals surface area contributed by atoms with Crippen molar-refractivity contribution in [3.63, 3.8) is 0 Å². The van der Waals surface area contributed by atoms with Crippen molar-refractivity contribution < 1.29 is 22.4 Å². The fourth-order valence-corrected chi connectivity index (χ4v) is 6.74. The summed E-state index contributed by atoms with van der Waals surface area (Å²) >= 11 is 0. The van der Waals surface area contributed by atoms with Crippen LogP contribution in [0, 0.1) is 23.1 Å². The van der Waals surface area contributed by atoms with Gasteiger partial charge in [0.25, 0.3) is 0 Å². The predicted molar refractivity (Wildman–Crippen MR) is 141 cm³/mol. The van der Waals surface area contributed by atoms with Gasteiger partial charge in [-0.3, -0.25) is 4.90 Å². The zero-order valence-electron chi connectivity index (χ0n) is 22.1. The predicted octanol–water partition coefficient (Wildman–Crippen LogP) is 6.93. The topological polar surface area (TPSA) is 59.4 Å². The van der Waals surface area contributed by atoms with Gasteiger partial charge >= 0.3 is 12.2 Å². The molecule has 0 spiro atoms. The zero-order valence-corrected chi connectivity index (χ0v) is 22.1. The van der Waals surface area contributed by atoms with Gasteiger partial charge in [-0.2, -0.15) is 18.4 Å². The molecule has 1 heterocycles. The van der Waals surface area contributed by atoms with Crippen LogP contribution < -0.4 is 5.32 Å². The van der Waals surface area contributed by atoms with Gasteiger partial charge in [0.05, 0.1) is 17.2 Å². The number of nitrogens with one attached hydrogen (secondary N) is 1. The molecule has 2 aliphatic carbocycles. The number of likely N-dealkylation sites (tertiary alicyclic amines) is 1. The Bertz CT molecular complexity index is 1260. The molecule has 5 nitrogen and oxygen atoms in total. The van der Waals surface area contributed by atoms with E-state index in [0.29, 0.717) is 36.7 Å². The molecule has 0 aromatic heterocycles. The summed E-state index contributed by atoms with van der Waals surface area (Å²) < 4.78 is 53.6. The van der Waals surface area contributed by atoms with E-state index in [0.717, 1.165) is 51.1 Å². The Morgan fingerprint density at radius 1 is 1.21 bits per heavy atom. The van der Waals surface area contributed by atoms with Gasteiger partial charge in [-0.15, -0.1) is 0 Å². The van der Waals surface area contributed by atoms with Crippen LogP contribution in [0.2, 0.25) is 0 Å². The van der Waals surface area contributed by atoms with Crippen LogP contribution in [-0.4, -0.2) is 47.5 Å². The summed E-state index contributed by atoms with van der Waals surface area (Å²) in [5.74, 6) is -0.980. The van der Waals surface area contributed by atoms with Crippen LogP contribution in [0.3, 0.4) is 0 Å². The van der Waals surface area contributed by atoms with E-state index in [2.05, 4.69) is 29.3 Å². The zero-order chi connectivity index (χ0) is 27.8. The lowest BCUT2D eigenvalue weighted by atomic mass is 9.80. The SMILES string of the molecule is CC1CCCCN1CCN(C(=O)Nc1ccc(F)c(C(F)(F)F)c1)[C@H]1CCC2(c3cccc(C#N)c3)CC2C1. The highest BCUT2D eigenvalue weighted by Crippen LogP contribution is 2.62. The molecule has 1 saturated heterocycles. The number of benzene rings is 2. The van der Waals surface area contributed by atoms with Gasteiger partial charge in [0.15, 0.2) is 0 Å². The van der Waals surface area contributed by atoms with Crippen molar-refractivity contribution in [3.05, 3.63) is 65.0 Å². The molecular weight excluding hydrogens is 508 g/mol. The van der Waals surface area contributed by atoms with Gasteiger partial charge in [0.1, 0.15) is 5.82 Å². The highest BCUT2D eigenvalue weighted by atomic mass is 19.4. The average Bonchev–Trinajstić information content (AvgIpc) is 3.65. The first-order chi connectivity index (χ1) is 18.6. The standard InChI is InChI=1S/C30H34F4N4O/c1-20-5-2-3-12-37(20)13-14-38(28(39)36-24-8-9-27(31)26(17-24)30(32,33)34)25-10-11-29(18-23(29)16-25)22-7-4-6-21(15-22)19-35/h4,6-9,15,17,20,23,25H,2-3,5,10-14,16,18H2,1H3,(H,36,39)/t20?,23?,25-,29?/m0/s1. The van der Waals surface area contributed by atoms with Crippen LogP contribution in [0.15, 0.2) is 42.5 Å². The first kappa shape index (κ1) is 27.4. The monoisotopic (exact) mass is 542 g/mol. The fraction of sp³-hybridized carbons (Fsp3) is 0.533. The third-order valence-corrected chi connectivity index (χ3v) is 9.07. The molecule has 0 radical (unpaired) electrons. The largest absolute Gasteiger partial charge is 0.419 e. The maximum Gasteiger partial charge on any atom is 0.419 e. The average molecular weight is 543 g/mol. The normalized spacial score (nSPS) is 26.8. The maximum atomic E-state index is 13.8. The molecule has 2 amide bonds. The van der Waals surface area contributed by atoms with E-state index in [1.54, 1.807) is 11.0 Å². The number of hydrogen-bond donors (Lipinski definition) is 1. The van der Waals surface area contributed by atoms with Crippen molar-refractivity contribution in [3.8, 4) is 6.07 Å². The van der Waals surface area contributed by atoms with Gasteiger partial charge < -0.3 is 10.2 Å². The second-order valence-corrected chi connectivity index (χ2v) is 11.4. The van der Waals surface area contributed by atoms with E-state index in [1.807, 2.05) is 12.1 Å². The Balaban J connectivity index is 1.33. The van der Waals surface area contributed by atoms with Gasteiger partial charge in [0, 0.05) is 30.9 Å². The van der Waals surface area contributed by atoms with Crippen molar-refractivity contribution in [2.24, 2.45) is 5.92 Å². The summed E-state index contributed by atoms with van der Waals surface area (Å²) in [5.41, 5.74) is 0.382. The van der Waals surface area contributed by atoms with E-state index >= 15 is 0 Å². The van der Waals surface area contributed by atoms with Crippen molar-refractivity contribution in [1.82, 2.24) is 9.80 Å².